The molecule has 7 rings (SSSR count). The lowest BCUT2D eigenvalue weighted by Gasteiger charge is -2.51. The van der Waals surface area contributed by atoms with Crippen LogP contribution in [0.15, 0.2) is 83.0 Å². The van der Waals surface area contributed by atoms with Gasteiger partial charge in [-0.25, -0.2) is 10.1 Å². The number of nitro benzene ring substituents is 1. The van der Waals surface area contributed by atoms with Crippen LogP contribution >= 0.6 is 11.6 Å². The average molecular weight is 622 g/mol. The fourth-order valence-electron chi connectivity index (χ4n) is 7.54. The molecule has 0 amide bonds. The highest BCUT2D eigenvalue weighted by Crippen LogP contribution is 2.58. The highest BCUT2D eigenvalue weighted by molar-refractivity contribution is 6.34. The Balaban J connectivity index is 1.38. The van der Waals surface area contributed by atoms with Crippen molar-refractivity contribution in [2.75, 3.05) is 7.11 Å². The van der Waals surface area contributed by atoms with Crippen LogP contribution in [0.2, 0.25) is 5.02 Å². The number of methoxy groups -OCH3 is 1. The summed E-state index contributed by atoms with van der Waals surface area (Å²) in [6, 6.07) is 12.1. The maximum Gasteiger partial charge on any atom is 0.269 e. The van der Waals surface area contributed by atoms with Gasteiger partial charge >= 0.3 is 0 Å². The van der Waals surface area contributed by atoms with Crippen LogP contribution in [0, 0.1) is 51.7 Å². The van der Waals surface area contributed by atoms with Crippen molar-refractivity contribution < 1.29 is 19.1 Å². The van der Waals surface area contributed by atoms with E-state index in [1.807, 2.05) is 24.3 Å². The first kappa shape index (κ1) is 30.2. The van der Waals surface area contributed by atoms with Crippen molar-refractivity contribution >= 4 is 29.1 Å². The zero-order valence-electron chi connectivity index (χ0n) is 25.1. The Bertz CT molecular complexity index is 1740. The molecule has 0 unspecified atom stereocenters. The lowest BCUT2D eigenvalue weighted by atomic mass is 9.54. The maximum atomic E-state index is 11.1. The number of hydrogen-bond acceptors (Lipinski definition) is 6. The van der Waals surface area contributed by atoms with E-state index in [2.05, 4.69) is 4.85 Å². The van der Waals surface area contributed by atoms with Crippen molar-refractivity contribution in [3.05, 3.63) is 126 Å². The molecule has 4 saturated carbocycles. The van der Waals surface area contributed by atoms with Crippen LogP contribution in [0.3, 0.4) is 0 Å². The second kappa shape index (κ2) is 12.7. The minimum atomic E-state index is -0.436. The van der Waals surface area contributed by atoms with Crippen LogP contribution in [0.5, 0.6) is 5.75 Å². The standard InChI is InChI=1S/C36H32ClN3O5/c1-21-12-26(32(19-38)39-2)18-30(45-21)10-6-25-7-11-31(34(37)35(25)44-20-22-4-8-29(9-5-22)40(41)42)36(43-3)33-27-14-23-13-24(16-27)17-28(33)15-23/h4-12,18,23-24,27-28H,13-17,20H2,1,3H3/b10-6+,32-26+,36-33?. The number of hydrogen-bond donors (Lipinski definition) is 0. The van der Waals surface area contributed by atoms with Gasteiger partial charge in [-0.1, -0.05) is 17.7 Å². The van der Waals surface area contributed by atoms with Crippen LogP contribution in [0.25, 0.3) is 16.7 Å². The van der Waals surface area contributed by atoms with Gasteiger partial charge < -0.3 is 14.2 Å². The Morgan fingerprint density at radius 3 is 2.40 bits per heavy atom. The molecule has 45 heavy (non-hydrogen) atoms. The summed E-state index contributed by atoms with van der Waals surface area (Å²) in [7, 11) is 1.71. The molecule has 2 aromatic rings. The number of nitriles is 1. The van der Waals surface area contributed by atoms with Gasteiger partial charge in [-0.15, -0.1) is 0 Å². The normalized spacial score (nSPS) is 24.2. The Morgan fingerprint density at radius 2 is 1.80 bits per heavy atom. The third kappa shape index (κ3) is 6.12. The summed E-state index contributed by atoms with van der Waals surface area (Å²) in [5.74, 6) is 4.93. The Hall–Kier alpha value is -4.79. The van der Waals surface area contributed by atoms with E-state index in [1.54, 1.807) is 44.4 Å². The molecule has 0 spiro atoms. The second-order valence-electron chi connectivity index (χ2n) is 12.1. The molecular formula is C36H32ClN3O5. The molecule has 1 heterocycles. The van der Waals surface area contributed by atoms with Gasteiger partial charge in [-0.2, -0.15) is 0 Å². The van der Waals surface area contributed by atoms with E-state index in [0.29, 0.717) is 45.3 Å². The van der Waals surface area contributed by atoms with Gasteiger partial charge in [0.05, 0.1) is 29.7 Å². The average Bonchev–Trinajstić information content (AvgIpc) is 3.02. The van der Waals surface area contributed by atoms with Crippen LogP contribution < -0.4 is 4.74 Å². The molecule has 4 aliphatic carbocycles. The Labute approximate surface area is 267 Å². The Kier molecular flexibility index (Phi) is 8.52. The van der Waals surface area contributed by atoms with Gasteiger partial charge in [0.1, 0.15) is 29.6 Å². The topological polar surface area (TPSA) is 99.0 Å². The summed E-state index contributed by atoms with van der Waals surface area (Å²) in [6.07, 6.45) is 13.0. The maximum absolute atomic E-state index is 11.1. The second-order valence-corrected chi connectivity index (χ2v) is 12.5. The molecule has 4 fully saturated rings. The fraction of sp³-hybridized carbons (Fsp3) is 0.333. The van der Waals surface area contributed by atoms with Crippen molar-refractivity contribution in [2.45, 2.75) is 45.6 Å². The van der Waals surface area contributed by atoms with Gasteiger partial charge in [-0.3, -0.25) is 10.1 Å². The molecule has 9 heteroatoms. The number of allylic oxidation sites excluding steroid dienone is 7. The van der Waals surface area contributed by atoms with E-state index in [-0.39, 0.29) is 18.0 Å². The van der Waals surface area contributed by atoms with Crippen molar-refractivity contribution in [2.24, 2.45) is 23.7 Å². The van der Waals surface area contributed by atoms with Crippen molar-refractivity contribution in [3.63, 3.8) is 0 Å². The van der Waals surface area contributed by atoms with Crippen LogP contribution in [-0.4, -0.2) is 12.0 Å². The fourth-order valence-corrected chi connectivity index (χ4v) is 7.86. The number of benzene rings is 2. The van der Waals surface area contributed by atoms with E-state index < -0.39 is 4.92 Å². The van der Waals surface area contributed by atoms with Gasteiger partial charge in [0, 0.05) is 23.3 Å². The van der Waals surface area contributed by atoms with Crippen molar-refractivity contribution in [1.82, 2.24) is 0 Å². The van der Waals surface area contributed by atoms with Gasteiger partial charge in [-0.05, 0) is 122 Å². The first-order valence-electron chi connectivity index (χ1n) is 15.0. The van der Waals surface area contributed by atoms with Crippen LogP contribution in [-0.2, 0) is 16.1 Å². The molecule has 8 nitrogen and oxygen atoms in total. The van der Waals surface area contributed by atoms with Gasteiger partial charge in [0.15, 0.2) is 0 Å². The lowest BCUT2D eigenvalue weighted by molar-refractivity contribution is -0.384. The highest BCUT2D eigenvalue weighted by Gasteiger charge is 2.47. The molecule has 0 aromatic heterocycles. The van der Waals surface area contributed by atoms with Crippen LogP contribution in [0.1, 0.15) is 55.7 Å². The van der Waals surface area contributed by atoms with Crippen molar-refractivity contribution in [3.8, 4) is 11.8 Å². The highest BCUT2D eigenvalue weighted by atomic mass is 35.5. The molecule has 2 aromatic carbocycles. The summed E-state index contributed by atoms with van der Waals surface area (Å²) in [4.78, 5) is 14.0. The van der Waals surface area contributed by atoms with Gasteiger partial charge in [0.2, 0.25) is 0 Å². The number of rotatable bonds is 8. The molecule has 0 saturated heterocycles. The third-order valence-corrected chi connectivity index (χ3v) is 9.62. The third-order valence-electron chi connectivity index (χ3n) is 9.24. The summed E-state index contributed by atoms with van der Waals surface area (Å²) >= 11 is 7.19. The van der Waals surface area contributed by atoms with E-state index in [1.165, 1.54) is 49.8 Å². The summed E-state index contributed by atoms with van der Waals surface area (Å²) < 4.78 is 18.3. The summed E-state index contributed by atoms with van der Waals surface area (Å²) in [6.45, 7) is 9.21. The lowest BCUT2D eigenvalue weighted by Crippen LogP contribution is -2.40. The number of nitrogens with zero attached hydrogens (tertiary/aromatic N) is 3. The first-order chi connectivity index (χ1) is 21.8. The van der Waals surface area contributed by atoms with E-state index in [0.717, 1.165) is 28.7 Å². The predicted molar refractivity (Wildman–Crippen MR) is 171 cm³/mol. The summed E-state index contributed by atoms with van der Waals surface area (Å²) in [5.41, 5.74) is 4.06. The molecule has 1 aliphatic heterocycles. The molecular weight excluding hydrogens is 590 g/mol. The number of ether oxygens (including phenoxy) is 3. The largest absolute Gasteiger partial charge is 0.496 e. The molecule has 0 atom stereocenters. The quantitative estimate of drug-likeness (QED) is 0.0958. The predicted octanol–water partition coefficient (Wildman–Crippen LogP) is 9.17. The van der Waals surface area contributed by atoms with Gasteiger partial charge in [0.25, 0.3) is 11.4 Å². The van der Waals surface area contributed by atoms with E-state index in [4.69, 9.17) is 32.4 Å². The smallest absolute Gasteiger partial charge is 0.269 e. The monoisotopic (exact) mass is 621 g/mol. The Morgan fingerprint density at radius 1 is 1.11 bits per heavy atom. The van der Waals surface area contributed by atoms with E-state index >= 15 is 0 Å². The molecule has 5 aliphatic rings. The van der Waals surface area contributed by atoms with Crippen LogP contribution in [0.4, 0.5) is 5.69 Å². The molecule has 0 radical (unpaired) electrons. The number of non-ortho nitro benzene ring substituents is 1. The molecule has 0 N–H and O–H groups in total. The number of nitro groups is 1. The molecule has 4 bridgehead atoms. The zero-order valence-corrected chi connectivity index (χ0v) is 25.8. The molecule has 228 valence electrons. The minimum Gasteiger partial charge on any atom is -0.496 e. The number of halogens is 1. The van der Waals surface area contributed by atoms with Crippen molar-refractivity contribution in [1.29, 1.82) is 5.26 Å². The SMILES string of the molecule is [C-]#[N+]/C(C#N)=C1\C=C(C)OC(/C=C/c2ccc(C(OC)=C3C4CC5CC(C4)CC3C5)c(Cl)c2OCc2ccc([N+](=O)[O-])cc2)=C1. The van der Waals surface area contributed by atoms with E-state index in [9.17, 15) is 15.4 Å². The zero-order chi connectivity index (χ0) is 31.7. The first-order valence-corrected chi connectivity index (χ1v) is 15.4. The minimum absolute atomic E-state index is 0.00530. The summed E-state index contributed by atoms with van der Waals surface area (Å²) in [5, 5.41) is 20.9.